The molecule has 0 aromatic heterocycles. The van der Waals surface area contributed by atoms with E-state index < -0.39 is 0 Å². The van der Waals surface area contributed by atoms with Crippen LogP contribution in [0.25, 0.3) is 0 Å². The number of hydrogen-bond donors (Lipinski definition) is 1. The first-order valence-corrected chi connectivity index (χ1v) is 6.73. The van der Waals surface area contributed by atoms with Crippen molar-refractivity contribution in [1.82, 2.24) is 10.2 Å². The smallest absolute Gasteiger partial charge is 0.0191 e. The Morgan fingerprint density at radius 1 is 1.27 bits per heavy atom. The van der Waals surface area contributed by atoms with Gasteiger partial charge in [-0.1, -0.05) is 19.8 Å². The van der Waals surface area contributed by atoms with Crippen LogP contribution < -0.4 is 5.32 Å². The molecule has 2 heteroatoms. The van der Waals surface area contributed by atoms with Crippen molar-refractivity contribution in [2.45, 2.75) is 45.1 Å². The van der Waals surface area contributed by atoms with E-state index in [4.69, 9.17) is 0 Å². The topological polar surface area (TPSA) is 15.3 Å². The average Bonchev–Trinajstić information content (AvgIpc) is 2.77. The van der Waals surface area contributed by atoms with Gasteiger partial charge in [0.25, 0.3) is 0 Å². The monoisotopic (exact) mass is 210 g/mol. The Balaban J connectivity index is 1.76. The Bertz CT molecular complexity index is 181. The summed E-state index contributed by atoms with van der Waals surface area (Å²) < 4.78 is 0. The summed E-state index contributed by atoms with van der Waals surface area (Å²) in [6.07, 6.45) is 7.11. The van der Waals surface area contributed by atoms with E-state index in [2.05, 4.69) is 24.2 Å². The maximum absolute atomic E-state index is 3.45. The summed E-state index contributed by atoms with van der Waals surface area (Å²) >= 11 is 0. The zero-order chi connectivity index (χ0) is 10.7. The van der Waals surface area contributed by atoms with Gasteiger partial charge in [-0.15, -0.1) is 0 Å². The molecule has 2 rings (SSSR count). The molecule has 0 amide bonds. The first kappa shape index (κ1) is 11.4. The van der Waals surface area contributed by atoms with Gasteiger partial charge in [-0.3, -0.25) is 0 Å². The van der Waals surface area contributed by atoms with Crippen molar-refractivity contribution in [1.29, 1.82) is 0 Å². The fourth-order valence-corrected chi connectivity index (χ4v) is 3.47. The SMILES string of the molecule is CCCC(CN1CC2CCCC2C1)NC. The third kappa shape index (κ3) is 2.73. The molecular formula is C13H26N2. The van der Waals surface area contributed by atoms with Crippen molar-refractivity contribution in [2.75, 3.05) is 26.7 Å². The molecular weight excluding hydrogens is 184 g/mol. The fraction of sp³-hybridized carbons (Fsp3) is 1.00. The van der Waals surface area contributed by atoms with Crippen molar-refractivity contribution in [3.63, 3.8) is 0 Å². The van der Waals surface area contributed by atoms with Gasteiger partial charge >= 0.3 is 0 Å². The molecule has 2 fully saturated rings. The van der Waals surface area contributed by atoms with Crippen LogP contribution in [-0.4, -0.2) is 37.6 Å². The second-order valence-electron chi connectivity index (χ2n) is 5.44. The summed E-state index contributed by atoms with van der Waals surface area (Å²) in [6, 6.07) is 0.717. The van der Waals surface area contributed by atoms with Crippen molar-refractivity contribution in [2.24, 2.45) is 11.8 Å². The minimum atomic E-state index is 0.717. The molecule has 0 radical (unpaired) electrons. The summed E-state index contributed by atoms with van der Waals surface area (Å²) in [4.78, 5) is 2.70. The van der Waals surface area contributed by atoms with Crippen LogP contribution in [0.4, 0.5) is 0 Å². The van der Waals surface area contributed by atoms with E-state index >= 15 is 0 Å². The zero-order valence-electron chi connectivity index (χ0n) is 10.3. The standard InChI is InChI=1S/C13H26N2/c1-3-5-13(14-2)10-15-8-11-6-4-7-12(11)9-15/h11-14H,3-10H2,1-2H3. The second kappa shape index (κ2) is 5.31. The number of likely N-dealkylation sites (tertiary alicyclic amines) is 1. The van der Waals surface area contributed by atoms with Crippen molar-refractivity contribution in [3.05, 3.63) is 0 Å². The highest BCUT2D eigenvalue weighted by Crippen LogP contribution is 2.37. The molecule has 1 heterocycles. The van der Waals surface area contributed by atoms with Crippen LogP contribution >= 0.6 is 0 Å². The maximum atomic E-state index is 3.45. The van der Waals surface area contributed by atoms with Crippen LogP contribution in [0.3, 0.4) is 0 Å². The molecule has 0 spiro atoms. The molecule has 1 saturated heterocycles. The van der Waals surface area contributed by atoms with Crippen LogP contribution in [0.2, 0.25) is 0 Å². The van der Waals surface area contributed by atoms with Crippen LogP contribution in [0.5, 0.6) is 0 Å². The predicted octanol–water partition coefficient (Wildman–Crippen LogP) is 2.11. The molecule has 2 aliphatic rings. The molecule has 0 bridgehead atoms. The molecule has 88 valence electrons. The highest BCUT2D eigenvalue weighted by atomic mass is 15.2. The molecule has 0 aromatic rings. The summed E-state index contributed by atoms with van der Waals surface area (Å²) in [5, 5.41) is 3.45. The van der Waals surface area contributed by atoms with Gasteiger partial charge < -0.3 is 10.2 Å². The van der Waals surface area contributed by atoms with E-state index in [1.54, 1.807) is 0 Å². The summed E-state index contributed by atoms with van der Waals surface area (Å²) in [5.41, 5.74) is 0. The molecule has 0 aromatic carbocycles. The van der Waals surface area contributed by atoms with E-state index in [9.17, 15) is 0 Å². The van der Waals surface area contributed by atoms with E-state index in [-0.39, 0.29) is 0 Å². The van der Waals surface area contributed by atoms with Crippen LogP contribution in [0.1, 0.15) is 39.0 Å². The zero-order valence-corrected chi connectivity index (χ0v) is 10.3. The Hall–Kier alpha value is -0.0800. The van der Waals surface area contributed by atoms with Gasteiger partial charge in [-0.05, 0) is 38.1 Å². The van der Waals surface area contributed by atoms with Crippen molar-refractivity contribution < 1.29 is 0 Å². The highest BCUT2D eigenvalue weighted by molar-refractivity contribution is 4.89. The third-order valence-corrected chi connectivity index (χ3v) is 4.33. The molecule has 1 aliphatic carbocycles. The Morgan fingerprint density at radius 2 is 1.93 bits per heavy atom. The van der Waals surface area contributed by atoms with Crippen molar-refractivity contribution >= 4 is 0 Å². The fourth-order valence-electron chi connectivity index (χ4n) is 3.47. The number of nitrogens with zero attached hydrogens (tertiary/aromatic N) is 1. The lowest BCUT2D eigenvalue weighted by Crippen LogP contribution is -2.38. The summed E-state index contributed by atoms with van der Waals surface area (Å²) in [5.74, 6) is 2.09. The van der Waals surface area contributed by atoms with E-state index in [0.717, 1.165) is 11.8 Å². The number of nitrogens with one attached hydrogen (secondary N) is 1. The Labute approximate surface area is 94.4 Å². The van der Waals surface area contributed by atoms with Gasteiger partial charge in [-0.25, -0.2) is 0 Å². The van der Waals surface area contributed by atoms with Gasteiger partial charge in [0.1, 0.15) is 0 Å². The normalized spacial score (nSPS) is 33.2. The van der Waals surface area contributed by atoms with E-state index in [1.165, 1.54) is 51.7 Å². The van der Waals surface area contributed by atoms with Crippen molar-refractivity contribution in [3.8, 4) is 0 Å². The number of likely N-dealkylation sites (N-methyl/N-ethyl adjacent to an activating group) is 1. The molecule has 1 saturated carbocycles. The molecule has 3 unspecified atom stereocenters. The number of rotatable bonds is 5. The Kier molecular flexibility index (Phi) is 4.04. The number of hydrogen-bond acceptors (Lipinski definition) is 2. The predicted molar refractivity (Wildman–Crippen MR) is 65.0 cm³/mol. The average molecular weight is 210 g/mol. The van der Waals surface area contributed by atoms with Gasteiger partial charge in [-0.2, -0.15) is 0 Å². The van der Waals surface area contributed by atoms with Gasteiger partial charge in [0.05, 0.1) is 0 Å². The summed E-state index contributed by atoms with van der Waals surface area (Å²) in [7, 11) is 2.11. The maximum Gasteiger partial charge on any atom is 0.0191 e. The third-order valence-electron chi connectivity index (χ3n) is 4.33. The van der Waals surface area contributed by atoms with Gasteiger partial charge in [0, 0.05) is 25.7 Å². The van der Waals surface area contributed by atoms with Crippen LogP contribution in [0.15, 0.2) is 0 Å². The van der Waals surface area contributed by atoms with E-state index in [0.29, 0.717) is 6.04 Å². The largest absolute Gasteiger partial charge is 0.316 e. The molecule has 1 N–H and O–H groups in total. The molecule has 15 heavy (non-hydrogen) atoms. The second-order valence-corrected chi connectivity index (χ2v) is 5.44. The minimum Gasteiger partial charge on any atom is -0.316 e. The lowest BCUT2D eigenvalue weighted by atomic mass is 10.0. The summed E-state index contributed by atoms with van der Waals surface area (Å²) in [6.45, 7) is 6.32. The molecule has 3 atom stereocenters. The van der Waals surface area contributed by atoms with Crippen LogP contribution in [0, 0.1) is 11.8 Å². The number of fused-ring (bicyclic) bond motifs is 1. The van der Waals surface area contributed by atoms with Gasteiger partial charge in [0.2, 0.25) is 0 Å². The lowest BCUT2D eigenvalue weighted by Gasteiger charge is -2.23. The quantitative estimate of drug-likeness (QED) is 0.747. The van der Waals surface area contributed by atoms with Crippen LogP contribution in [-0.2, 0) is 0 Å². The Morgan fingerprint density at radius 3 is 2.47 bits per heavy atom. The minimum absolute atomic E-state index is 0.717. The van der Waals surface area contributed by atoms with E-state index in [1.807, 2.05) is 0 Å². The lowest BCUT2D eigenvalue weighted by molar-refractivity contribution is 0.269. The molecule has 1 aliphatic heterocycles. The first-order valence-electron chi connectivity index (χ1n) is 6.73. The van der Waals surface area contributed by atoms with Gasteiger partial charge in [0.15, 0.2) is 0 Å². The molecule has 2 nitrogen and oxygen atoms in total. The highest BCUT2D eigenvalue weighted by Gasteiger charge is 2.36. The first-order chi connectivity index (χ1) is 7.33.